The third kappa shape index (κ3) is 5.13. The van der Waals surface area contributed by atoms with Crippen LogP contribution in [0.1, 0.15) is 44.4 Å². The van der Waals surface area contributed by atoms with E-state index in [1.165, 1.54) is 0 Å². The summed E-state index contributed by atoms with van der Waals surface area (Å²) in [6.07, 6.45) is 0.206. The summed E-state index contributed by atoms with van der Waals surface area (Å²) in [6, 6.07) is 14.0. The highest BCUT2D eigenvalue weighted by molar-refractivity contribution is 6.32. The van der Waals surface area contributed by atoms with E-state index in [0.29, 0.717) is 40.6 Å². The average Bonchev–Trinajstić information content (AvgIpc) is 2.72. The van der Waals surface area contributed by atoms with Crippen LogP contribution in [0.25, 0.3) is 0 Å². The molecule has 7 heteroatoms. The van der Waals surface area contributed by atoms with Gasteiger partial charge in [0.25, 0.3) is 0 Å². The fraction of sp³-hybridized carbons (Fsp3) is 0.304. The highest BCUT2D eigenvalue weighted by atomic mass is 35.5. The Bertz CT molecular complexity index is 957. The lowest BCUT2D eigenvalue weighted by Gasteiger charge is -2.29. The second-order valence-electron chi connectivity index (χ2n) is 7.20. The molecule has 0 saturated carbocycles. The molecule has 2 aromatic rings. The second kappa shape index (κ2) is 9.67. The molecule has 2 amide bonds. The summed E-state index contributed by atoms with van der Waals surface area (Å²) in [5.41, 5.74) is 2.61. The van der Waals surface area contributed by atoms with Gasteiger partial charge in [0.05, 0.1) is 22.7 Å². The molecule has 1 atom stereocenters. The van der Waals surface area contributed by atoms with Crippen LogP contribution in [-0.4, -0.2) is 18.1 Å². The number of halogens is 1. The van der Waals surface area contributed by atoms with Gasteiger partial charge in [0.2, 0.25) is 0 Å². The number of carbonyl (C=O) groups excluding carboxylic acids is 2. The molecule has 1 aliphatic rings. The van der Waals surface area contributed by atoms with Gasteiger partial charge in [-0.1, -0.05) is 54.9 Å². The number of hydrogen-bond donors (Lipinski definition) is 2. The molecular formula is C23H25ClN2O4. The van der Waals surface area contributed by atoms with Crippen molar-refractivity contribution in [1.29, 1.82) is 0 Å². The van der Waals surface area contributed by atoms with Gasteiger partial charge in [0.1, 0.15) is 12.4 Å². The van der Waals surface area contributed by atoms with Crippen molar-refractivity contribution in [3.05, 3.63) is 76.0 Å². The molecule has 2 N–H and O–H groups in total. The summed E-state index contributed by atoms with van der Waals surface area (Å²) in [5.74, 6) is 0.0513. The zero-order valence-corrected chi connectivity index (χ0v) is 18.0. The molecule has 2 aromatic carbocycles. The first-order valence-electron chi connectivity index (χ1n) is 9.86. The van der Waals surface area contributed by atoms with Gasteiger partial charge in [-0.15, -0.1) is 0 Å². The van der Waals surface area contributed by atoms with Gasteiger partial charge in [-0.25, -0.2) is 9.59 Å². The summed E-state index contributed by atoms with van der Waals surface area (Å²) < 4.78 is 11.2. The molecule has 30 heavy (non-hydrogen) atoms. The van der Waals surface area contributed by atoms with Crippen LogP contribution in [0.3, 0.4) is 0 Å². The fourth-order valence-corrected chi connectivity index (χ4v) is 3.46. The first kappa shape index (κ1) is 21.7. The number of benzene rings is 2. The van der Waals surface area contributed by atoms with Crippen LogP contribution >= 0.6 is 11.6 Å². The number of carbonyl (C=O) groups is 2. The summed E-state index contributed by atoms with van der Waals surface area (Å²) in [5, 5.41) is 5.90. The summed E-state index contributed by atoms with van der Waals surface area (Å²) in [4.78, 5) is 24.9. The van der Waals surface area contributed by atoms with Crippen LogP contribution in [0.2, 0.25) is 5.02 Å². The molecule has 0 spiro atoms. The summed E-state index contributed by atoms with van der Waals surface area (Å²) >= 11 is 6.45. The van der Waals surface area contributed by atoms with Crippen molar-refractivity contribution in [2.45, 2.75) is 45.9 Å². The van der Waals surface area contributed by atoms with E-state index in [0.717, 1.165) is 5.56 Å². The van der Waals surface area contributed by atoms with E-state index >= 15 is 0 Å². The molecule has 1 aliphatic heterocycles. The predicted octanol–water partition coefficient (Wildman–Crippen LogP) is 4.89. The monoisotopic (exact) mass is 428 g/mol. The van der Waals surface area contributed by atoms with Crippen LogP contribution in [0, 0.1) is 0 Å². The van der Waals surface area contributed by atoms with Crippen molar-refractivity contribution >= 4 is 23.6 Å². The fourth-order valence-electron chi connectivity index (χ4n) is 3.21. The summed E-state index contributed by atoms with van der Waals surface area (Å²) in [6.45, 7) is 5.82. The molecule has 0 saturated heterocycles. The predicted molar refractivity (Wildman–Crippen MR) is 115 cm³/mol. The number of esters is 1. The molecule has 6 nitrogen and oxygen atoms in total. The Morgan fingerprint density at radius 3 is 2.53 bits per heavy atom. The third-order valence-corrected chi connectivity index (χ3v) is 4.89. The molecule has 1 heterocycles. The number of rotatable bonds is 7. The quantitative estimate of drug-likeness (QED) is 0.615. The number of ether oxygens (including phenoxy) is 2. The van der Waals surface area contributed by atoms with E-state index in [1.54, 1.807) is 32.0 Å². The number of hydrogen-bond acceptors (Lipinski definition) is 4. The van der Waals surface area contributed by atoms with Gasteiger partial charge >= 0.3 is 12.0 Å². The lowest BCUT2D eigenvalue weighted by molar-refractivity contribution is -0.143. The minimum Gasteiger partial charge on any atom is -0.487 e. The van der Waals surface area contributed by atoms with Crippen molar-refractivity contribution in [3.63, 3.8) is 0 Å². The molecule has 0 aromatic heterocycles. The third-order valence-electron chi connectivity index (χ3n) is 4.60. The van der Waals surface area contributed by atoms with Crippen LogP contribution in [0.5, 0.6) is 5.75 Å². The molecule has 158 valence electrons. The van der Waals surface area contributed by atoms with Gasteiger partial charge in [-0.3, -0.25) is 0 Å². The first-order chi connectivity index (χ1) is 14.4. The molecule has 0 fully saturated rings. The Morgan fingerprint density at radius 1 is 1.17 bits per heavy atom. The lowest BCUT2D eigenvalue weighted by Crippen LogP contribution is -2.46. The Morgan fingerprint density at radius 2 is 1.90 bits per heavy atom. The van der Waals surface area contributed by atoms with Crippen LogP contribution in [0.4, 0.5) is 4.79 Å². The number of allylic oxidation sites excluding steroid dienone is 1. The van der Waals surface area contributed by atoms with Gasteiger partial charge in [-0.05, 0) is 43.5 Å². The van der Waals surface area contributed by atoms with Crippen LogP contribution in [-0.2, 0) is 16.1 Å². The van der Waals surface area contributed by atoms with Crippen molar-refractivity contribution in [2.75, 3.05) is 0 Å². The van der Waals surface area contributed by atoms with Gasteiger partial charge in [-0.2, -0.15) is 0 Å². The minimum absolute atomic E-state index is 0.279. The van der Waals surface area contributed by atoms with Crippen molar-refractivity contribution in [2.24, 2.45) is 0 Å². The molecular weight excluding hydrogens is 404 g/mol. The van der Waals surface area contributed by atoms with E-state index in [2.05, 4.69) is 10.6 Å². The number of nitrogens with one attached hydrogen (secondary N) is 2. The Labute approximate surface area is 181 Å². The van der Waals surface area contributed by atoms with E-state index in [-0.39, 0.29) is 12.1 Å². The van der Waals surface area contributed by atoms with E-state index in [1.807, 2.05) is 37.3 Å². The smallest absolute Gasteiger partial charge is 0.338 e. The highest BCUT2D eigenvalue weighted by Gasteiger charge is 2.33. The maximum atomic E-state index is 12.8. The summed E-state index contributed by atoms with van der Waals surface area (Å²) in [7, 11) is 0. The highest BCUT2D eigenvalue weighted by Crippen LogP contribution is 2.34. The van der Waals surface area contributed by atoms with Gasteiger partial charge < -0.3 is 20.1 Å². The number of urea groups is 1. The lowest BCUT2D eigenvalue weighted by atomic mass is 9.94. The van der Waals surface area contributed by atoms with Crippen molar-refractivity contribution in [3.8, 4) is 5.75 Å². The SMILES string of the molecule is CCC1=C(C(=O)OC(C)C)C(c2ccc(OCc3ccccc3)c(Cl)c2)NC(=O)N1. The van der Waals surface area contributed by atoms with Crippen molar-refractivity contribution in [1.82, 2.24) is 10.6 Å². The Balaban J connectivity index is 1.87. The normalized spacial score (nSPS) is 16.2. The zero-order chi connectivity index (χ0) is 21.7. The van der Waals surface area contributed by atoms with E-state index in [4.69, 9.17) is 21.1 Å². The minimum atomic E-state index is -0.666. The number of amides is 2. The molecule has 0 aliphatic carbocycles. The Kier molecular flexibility index (Phi) is 7.00. The molecule has 0 radical (unpaired) electrons. The zero-order valence-electron chi connectivity index (χ0n) is 17.2. The van der Waals surface area contributed by atoms with E-state index in [9.17, 15) is 9.59 Å². The molecule has 3 rings (SSSR count). The van der Waals surface area contributed by atoms with Crippen LogP contribution < -0.4 is 15.4 Å². The maximum Gasteiger partial charge on any atom is 0.338 e. The van der Waals surface area contributed by atoms with Gasteiger partial charge in [0, 0.05) is 5.70 Å². The van der Waals surface area contributed by atoms with Crippen LogP contribution in [0.15, 0.2) is 59.8 Å². The Hall–Kier alpha value is -2.99. The second-order valence-corrected chi connectivity index (χ2v) is 7.60. The maximum absolute atomic E-state index is 12.8. The first-order valence-corrected chi connectivity index (χ1v) is 10.2. The molecule has 0 bridgehead atoms. The van der Waals surface area contributed by atoms with Gasteiger partial charge in [0.15, 0.2) is 0 Å². The molecule has 1 unspecified atom stereocenters. The average molecular weight is 429 g/mol. The standard InChI is InChI=1S/C23H25ClN2O4/c1-4-18-20(22(27)30-14(2)3)21(26-23(28)25-18)16-10-11-19(17(24)12-16)29-13-15-8-6-5-7-9-15/h5-12,14,21H,4,13H2,1-3H3,(H2,25,26,28). The topological polar surface area (TPSA) is 76.7 Å². The van der Waals surface area contributed by atoms with E-state index < -0.39 is 12.0 Å². The largest absolute Gasteiger partial charge is 0.487 e. The van der Waals surface area contributed by atoms with Crippen molar-refractivity contribution < 1.29 is 19.1 Å².